The lowest BCUT2D eigenvalue weighted by Gasteiger charge is -2.12. The van der Waals surface area contributed by atoms with Gasteiger partial charge in [0.1, 0.15) is 5.82 Å². The summed E-state index contributed by atoms with van der Waals surface area (Å²) in [6.45, 7) is -0.00324. The number of pyridine rings is 1. The molecule has 0 saturated heterocycles. The van der Waals surface area contributed by atoms with E-state index >= 15 is 0 Å². The number of carbonyl (C=O) groups excluding carboxylic acids is 1. The van der Waals surface area contributed by atoms with Crippen molar-refractivity contribution in [3.05, 3.63) is 70.9 Å². The average molecular weight is 276 g/mol. The SMILES string of the molecule is O=C(NCC(O)c1ccc(F)cc1)c1cc[n+]([O-])cc1. The fourth-order valence-electron chi connectivity index (χ4n) is 1.66. The molecule has 5 nitrogen and oxygen atoms in total. The number of nitrogens with zero attached hydrogens (tertiary/aromatic N) is 1. The number of hydrogen-bond acceptors (Lipinski definition) is 3. The number of aliphatic hydroxyl groups is 1. The Hall–Kier alpha value is -2.47. The molecule has 1 unspecified atom stereocenters. The molecule has 0 fully saturated rings. The van der Waals surface area contributed by atoms with Crippen molar-refractivity contribution in [2.24, 2.45) is 0 Å². The summed E-state index contributed by atoms with van der Waals surface area (Å²) in [5, 5.41) is 23.2. The van der Waals surface area contributed by atoms with Crippen molar-refractivity contribution in [1.29, 1.82) is 0 Å². The highest BCUT2D eigenvalue weighted by molar-refractivity contribution is 5.93. The number of amides is 1. The monoisotopic (exact) mass is 276 g/mol. The number of aromatic nitrogens is 1. The van der Waals surface area contributed by atoms with E-state index < -0.39 is 12.0 Å². The van der Waals surface area contributed by atoms with Crippen LogP contribution < -0.4 is 10.0 Å². The zero-order chi connectivity index (χ0) is 14.5. The van der Waals surface area contributed by atoms with Crippen LogP contribution in [0.15, 0.2) is 48.8 Å². The molecule has 0 radical (unpaired) electrons. The van der Waals surface area contributed by atoms with Crippen molar-refractivity contribution in [3.8, 4) is 0 Å². The Balaban J connectivity index is 1.92. The molecule has 1 aromatic heterocycles. The Bertz CT molecular complexity index is 584. The van der Waals surface area contributed by atoms with E-state index in [9.17, 15) is 19.5 Å². The van der Waals surface area contributed by atoms with Gasteiger partial charge >= 0.3 is 0 Å². The molecular weight excluding hydrogens is 263 g/mol. The minimum absolute atomic E-state index is 0.00324. The first-order chi connectivity index (χ1) is 9.56. The Morgan fingerprint density at radius 3 is 2.45 bits per heavy atom. The Labute approximate surface area is 114 Å². The van der Waals surface area contributed by atoms with Gasteiger partial charge < -0.3 is 15.6 Å². The van der Waals surface area contributed by atoms with Gasteiger partial charge in [-0.2, -0.15) is 4.73 Å². The molecule has 2 rings (SSSR count). The maximum atomic E-state index is 12.7. The van der Waals surface area contributed by atoms with Gasteiger partial charge in [0.25, 0.3) is 5.91 Å². The normalized spacial score (nSPS) is 11.9. The van der Waals surface area contributed by atoms with Gasteiger partial charge in [-0.15, -0.1) is 0 Å². The number of aliphatic hydroxyl groups excluding tert-OH is 1. The molecule has 0 bridgehead atoms. The summed E-state index contributed by atoms with van der Waals surface area (Å²) < 4.78 is 13.3. The number of halogens is 1. The van der Waals surface area contributed by atoms with Crippen LogP contribution in [0.5, 0.6) is 0 Å². The van der Waals surface area contributed by atoms with Crippen LogP contribution in [0, 0.1) is 11.0 Å². The molecule has 2 N–H and O–H groups in total. The summed E-state index contributed by atoms with van der Waals surface area (Å²) in [5.74, 6) is -0.785. The second-order valence-electron chi connectivity index (χ2n) is 4.22. The van der Waals surface area contributed by atoms with Crippen molar-refractivity contribution in [3.63, 3.8) is 0 Å². The van der Waals surface area contributed by atoms with Crippen molar-refractivity contribution in [1.82, 2.24) is 5.32 Å². The highest BCUT2D eigenvalue weighted by Crippen LogP contribution is 2.12. The third-order valence-corrected chi connectivity index (χ3v) is 2.77. The third-order valence-electron chi connectivity index (χ3n) is 2.77. The standard InChI is InChI=1S/C14H13FN2O3/c15-12-3-1-10(2-4-12)13(18)9-16-14(19)11-5-7-17(20)8-6-11/h1-8,13,18H,9H2,(H,16,19). The van der Waals surface area contributed by atoms with E-state index in [0.717, 1.165) is 0 Å². The van der Waals surface area contributed by atoms with Crippen LogP contribution in [0.3, 0.4) is 0 Å². The second-order valence-corrected chi connectivity index (χ2v) is 4.22. The Morgan fingerprint density at radius 2 is 1.85 bits per heavy atom. The highest BCUT2D eigenvalue weighted by Gasteiger charge is 2.11. The van der Waals surface area contributed by atoms with Crippen LogP contribution in [0.25, 0.3) is 0 Å². The summed E-state index contributed by atoms with van der Waals surface area (Å²) in [6, 6.07) is 8.15. The van der Waals surface area contributed by atoms with Crippen LogP contribution in [0.2, 0.25) is 0 Å². The lowest BCUT2D eigenvalue weighted by atomic mass is 10.1. The first-order valence-corrected chi connectivity index (χ1v) is 5.97. The molecule has 6 heteroatoms. The van der Waals surface area contributed by atoms with Gasteiger partial charge in [0.15, 0.2) is 12.4 Å². The third kappa shape index (κ3) is 3.52. The zero-order valence-corrected chi connectivity index (χ0v) is 10.5. The Morgan fingerprint density at radius 1 is 1.25 bits per heavy atom. The van der Waals surface area contributed by atoms with Gasteiger partial charge in [-0.3, -0.25) is 4.79 Å². The fourth-order valence-corrected chi connectivity index (χ4v) is 1.66. The number of carbonyl (C=O) groups is 1. The molecule has 1 atom stereocenters. The van der Waals surface area contributed by atoms with Gasteiger partial charge in [-0.1, -0.05) is 12.1 Å². The van der Waals surface area contributed by atoms with Crippen LogP contribution in [0.1, 0.15) is 22.0 Å². The topological polar surface area (TPSA) is 76.3 Å². The van der Waals surface area contributed by atoms with E-state index in [1.807, 2.05) is 0 Å². The van der Waals surface area contributed by atoms with E-state index in [0.29, 0.717) is 15.9 Å². The molecule has 1 heterocycles. The summed E-state index contributed by atoms with van der Waals surface area (Å²) in [7, 11) is 0. The van der Waals surface area contributed by atoms with Crippen LogP contribution in [-0.2, 0) is 0 Å². The largest absolute Gasteiger partial charge is 0.619 e. The van der Waals surface area contributed by atoms with E-state index in [-0.39, 0.29) is 12.4 Å². The zero-order valence-electron chi connectivity index (χ0n) is 10.5. The van der Waals surface area contributed by atoms with Crippen molar-refractivity contribution >= 4 is 5.91 Å². The quantitative estimate of drug-likeness (QED) is 0.644. The lowest BCUT2D eigenvalue weighted by molar-refractivity contribution is -0.605. The lowest BCUT2D eigenvalue weighted by Crippen LogP contribution is -2.30. The summed E-state index contributed by atoms with van der Waals surface area (Å²) >= 11 is 0. The maximum Gasteiger partial charge on any atom is 0.251 e. The highest BCUT2D eigenvalue weighted by atomic mass is 19.1. The first kappa shape index (κ1) is 14.0. The summed E-state index contributed by atoms with van der Waals surface area (Å²) in [4.78, 5) is 11.8. The van der Waals surface area contributed by atoms with Gasteiger partial charge in [0.2, 0.25) is 0 Å². The summed E-state index contributed by atoms with van der Waals surface area (Å²) in [6.07, 6.45) is 1.50. The molecular formula is C14H13FN2O3. The van der Waals surface area contributed by atoms with Gasteiger partial charge in [-0.05, 0) is 17.7 Å². The Kier molecular flexibility index (Phi) is 4.27. The van der Waals surface area contributed by atoms with E-state index in [1.165, 1.54) is 48.8 Å². The first-order valence-electron chi connectivity index (χ1n) is 5.97. The molecule has 2 aromatic rings. The fraction of sp³-hybridized carbons (Fsp3) is 0.143. The summed E-state index contributed by atoms with van der Waals surface area (Å²) in [5.41, 5.74) is 0.834. The molecule has 1 aromatic carbocycles. The number of nitrogens with one attached hydrogen (secondary N) is 1. The molecule has 0 aliphatic heterocycles. The smallest absolute Gasteiger partial charge is 0.251 e. The average Bonchev–Trinajstić information content (AvgIpc) is 2.46. The molecule has 0 aliphatic rings. The maximum absolute atomic E-state index is 12.7. The predicted octanol–water partition coefficient (Wildman–Crippen LogP) is 0.923. The van der Waals surface area contributed by atoms with Gasteiger partial charge in [0.05, 0.1) is 11.7 Å². The second kappa shape index (κ2) is 6.12. The minimum Gasteiger partial charge on any atom is -0.619 e. The van der Waals surface area contributed by atoms with E-state index in [4.69, 9.17) is 0 Å². The van der Waals surface area contributed by atoms with Crippen molar-refractivity contribution < 1.29 is 19.0 Å². The van der Waals surface area contributed by atoms with Crippen LogP contribution in [-0.4, -0.2) is 17.6 Å². The molecule has 0 aliphatic carbocycles. The van der Waals surface area contributed by atoms with E-state index in [1.54, 1.807) is 0 Å². The van der Waals surface area contributed by atoms with Crippen molar-refractivity contribution in [2.45, 2.75) is 6.10 Å². The van der Waals surface area contributed by atoms with E-state index in [2.05, 4.69) is 5.32 Å². The van der Waals surface area contributed by atoms with Crippen molar-refractivity contribution in [2.75, 3.05) is 6.54 Å². The molecule has 20 heavy (non-hydrogen) atoms. The molecule has 104 valence electrons. The predicted molar refractivity (Wildman–Crippen MR) is 69.1 cm³/mol. The van der Waals surface area contributed by atoms with Gasteiger partial charge in [-0.25, -0.2) is 4.39 Å². The van der Waals surface area contributed by atoms with Crippen LogP contribution >= 0.6 is 0 Å². The minimum atomic E-state index is -0.923. The number of hydrogen-bond donors (Lipinski definition) is 2. The number of rotatable bonds is 4. The molecule has 0 saturated carbocycles. The van der Waals surface area contributed by atoms with Crippen LogP contribution in [0.4, 0.5) is 4.39 Å². The number of benzene rings is 1. The molecule has 0 spiro atoms. The molecule has 1 amide bonds. The van der Waals surface area contributed by atoms with Gasteiger partial charge in [0, 0.05) is 18.7 Å².